The number of benzene rings is 4. The predicted molar refractivity (Wildman–Crippen MR) is 273 cm³/mol. The molecule has 19 nitrogen and oxygen atoms in total. The molecule has 4 aromatic carbocycles. The molecular formula is C50H58Cl2F2N10O9. The summed E-state index contributed by atoms with van der Waals surface area (Å²) in [6.07, 6.45) is 2.99. The van der Waals surface area contributed by atoms with Gasteiger partial charge in [-0.25, -0.2) is 34.4 Å². The van der Waals surface area contributed by atoms with Gasteiger partial charge in [0.15, 0.2) is 5.82 Å². The van der Waals surface area contributed by atoms with Crippen molar-refractivity contribution >= 4 is 80.7 Å². The van der Waals surface area contributed by atoms with E-state index in [0.717, 1.165) is 26.6 Å². The van der Waals surface area contributed by atoms with Crippen LogP contribution >= 0.6 is 23.2 Å². The van der Waals surface area contributed by atoms with Gasteiger partial charge in [0.25, 0.3) is 0 Å². The molecule has 390 valence electrons. The number of ether oxygens (including phenoxy) is 1. The number of aliphatic hydroxyl groups is 3. The molecule has 0 bridgehead atoms. The quantitative estimate of drug-likeness (QED) is 0.0210. The van der Waals surface area contributed by atoms with Crippen molar-refractivity contribution in [1.29, 1.82) is 0 Å². The lowest BCUT2D eigenvalue weighted by atomic mass is 10.2. The average molecular weight is 1050 g/mol. The van der Waals surface area contributed by atoms with Crippen LogP contribution in [0.25, 0.3) is 21.5 Å². The Morgan fingerprint density at radius 2 is 1.23 bits per heavy atom. The fourth-order valence-corrected chi connectivity index (χ4v) is 7.72. The third-order valence-electron chi connectivity index (χ3n) is 10.9. The third kappa shape index (κ3) is 17.6. The summed E-state index contributed by atoms with van der Waals surface area (Å²) in [6, 6.07) is 26.0. The molecule has 6 aromatic rings. The number of hydrogen-bond acceptors (Lipinski definition) is 15. The number of fused-ring (bicyclic) bond motifs is 2. The van der Waals surface area contributed by atoms with Crippen molar-refractivity contribution in [3.63, 3.8) is 0 Å². The molecule has 7 N–H and O–H groups in total. The van der Waals surface area contributed by atoms with Gasteiger partial charge in [0, 0.05) is 82.8 Å². The summed E-state index contributed by atoms with van der Waals surface area (Å²) < 4.78 is 33.1. The van der Waals surface area contributed by atoms with E-state index in [1.807, 2.05) is 48.5 Å². The molecule has 0 spiro atoms. The molecule has 2 heterocycles. The number of pyridine rings is 2. The number of carbonyl (C=O) groups excluding carboxylic acids is 4. The predicted octanol–water partition coefficient (Wildman–Crippen LogP) is 5.21. The number of rotatable bonds is 26. The second kappa shape index (κ2) is 29.9. The zero-order chi connectivity index (χ0) is 52.7. The van der Waals surface area contributed by atoms with Gasteiger partial charge in [0.2, 0.25) is 18.2 Å². The number of nitrogens with one attached hydrogen (secondary N) is 4. The van der Waals surface area contributed by atoms with Crippen LogP contribution in [0.4, 0.5) is 25.2 Å². The molecule has 0 saturated carbocycles. The number of anilines is 2. The van der Waals surface area contributed by atoms with Crippen LogP contribution in [0.1, 0.15) is 25.0 Å². The van der Waals surface area contributed by atoms with E-state index in [0.29, 0.717) is 29.9 Å². The van der Waals surface area contributed by atoms with E-state index in [1.165, 1.54) is 48.1 Å². The Bertz CT molecular complexity index is 2750. The maximum Gasteiger partial charge on any atom is 0.412 e. The number of aromatic nitrogens is 2. The highest BCUT2D eigenvalue weighted by Gasteiger charge is 2.27. The molecule has 2 aromatic heterocycles. The van der Waals surface area contributed by atoms with Gasteiger partial charge in [-0.3, -0.25) is 39.5 Å². The minimum atomic E-state index is -0.773. The fraction of sp³-hybridized carbons (Fsp3) is 0.320. The first-order chi connectivity index (χ1) is 35.3. The van der Waals surface area contributed by atoms with Gasteiger partial charge < -0.3 is 25.4 Å². The summed E-state index contributed by atoms with van der Waals surface area (Å²) in [4.78, 5) is 65.3. The largest absolute Gasteiger partial charge is 0.447 e. The van der Waals surface area contributed by atoms with E-state index in [9.17, 15) is 38.2 Å². The maximum absolute atomic E-state index is 13.9. The molecule has 0 aliphatic rings. The van der Waals surface area contributed by atoms with Crippen LogP contribution in [0.3, 0.4) is 0 Å². The molecule has 0 aliphatic carbocycles. The normalized spacial score (nSPS) is 11.9. The number of hydrogen-bond donors (Lipinski definition) is 7. The number of nitrogens with zero attached hydrogens (tertiary/aromatic N) is 6. The highest BCUT2D eigenvalue weighted by Crippen LogP contribution is 2.23. The summed E-state index contributed by atoms with van der Waals surface area (Å²) >= 11 is 12.1. The standard InChI is InChI=1S/C26H31ClFN5O5.C24H27ClFN5O4/c1-18(36)33(30-15-21-7-4-8-23(28)25(21)27)22(16-32(9-11-34)10-12-35)17-38-26(37)31-24-13-19-5-2-3-6-20(19)14-29-24;1-17(34)31(29-13-20-7-4-8-22(26)24(20)25)21(14-27-9-10-32)15-35-30(16-33)23-11-18-5-2-3-6-19(18)12-28-23/h2-8,13-14,22,30,34-35H,9-12,15-17H2,1H3,(H,29,31,37);2-8,11-12,16,21,27,29,32H,9-10,13-15H2,1H3/t22-;21-/m00/s1. The van der Waals surface area contributed by atoms with Crippen LogP contribution in [-0.4, -0.2) is 142 Å². The Hall–Kier alpha value is -6.50. The van der Waals surface area contributed by atoms with Gasteiger partial charge in [0.05, 0.1) is 48.6 Å². The number of hydroxylamine groups is 1. The average Bonchev–Trinajstić information content (AvgIpc) is 3.38. The van der Waals surface area contributed by atoms with Gasteiger partial charge in [-0.2, -0.15) is 5.06 Å². The van der Waals surface area contributed by atoms with Gasteiger partial charge in [-0.05, 0) is 46.2 Å². The lowest BCUT2D eigenvalue weighted by Crippen LogP contribution is -2.55. The van der Waals surface area contributed by atoms with E-state index in [2.05, 4.69) is 31.5 Å². The van der Waals surface area contributed by atoms with Crippen molar-refractivity contribution < 1.29 is 52.9 Å². The van der Waals surface area contributed by atoms with E-state index < -0.39 is 35.7 Å². The first kappa shape index (κ1) is 57.4. The Morgan fingerprint density at radius 3 is 1.77 bits per heavy atom. The summed E-state index contributed by atoms with van der Waals surface area (Å²) in [6.45, 7) is 3.19. The lowest BCUT2D eigenvalue weighted by molar-refractivity contribution is -0.138. The summed E-state index contributed by atoms with van der Waals surface area (Å²) in [5, 5.41) is 40.6. The van der Waals surface area contributed by atoms with Gasteiger partial charge >= 0.3 is 6.09 Å². The number of carbonyl (C=O) groups is 4. The van der Waals surface area contributed by atoms with Crippen LogP contribution < -0.4 is 26.5 Å². The molecular weight excluding hydrogens is 994 g/mol. The zero-order valence-corrected chi connectivity index (χ0v) is 41.6. The van der Waals surface area contributed by atoms with Gasteiger partial charge in [0.1, 0.15) is 24.1 Å². The van der Waals surface area contributed by atoms with Crippen molar-refractivity contribution in [2.75, 3.05) is 76.1 Å². The van der Waals surface area contributed by atoms with Crippen molar-refractivity contribution in [2.45, 2.75) is 39.0 Å². The molecule has 2 atom stereocenters. The van der Waals surface area contributed by atoms with Crippen LogP contribution in [-0.2, 0) is 37.0 Å². The number of aliphatic hydroxyl groups excluding tert-OH is 3. The Labute approximate surface area is 430 Å². The highest BCUT2D eigenvalue weighted by molar-refractivity contribution is 6.31. The lowest BCUT2D eigenvalue weighted by Gasteiger charge is -2.34. The summed E-state index contributed by atoms with van der Waals surface area (Å²) in [5.41, 5.74) is 6.81. The molecule has 23 heteroatoms. The van der Waals surface area contributed by atoms with Crippen LogP contribution in [0, 0.1) is 11.6 Å². The van der Waals surface area contributed by atoms with Crippen LogP contribution in [0.5, 0.6) is 0 Å². The fourth-order valence-electron chi connectivity index (χ4n) is 7.34. The first-order valence-corrected chi connectivity index (χ1v) is 23.7. The Kier molecular flexibility index (Phi) is 23.5. The number of halogens is 4. The number of amides is 4. The maximum atomic E-state index is 13.9. The minimum Gasteiger partial charge on any atom is -0.447 e. The van der Waals surface area contributed by atoms with E-state index in [-0.39, 0.29) is 94.1 Å². The second-order valence-corrected chi connectivity index (χ2v) is 16.9. The minimum absolute atomic E-state index is 0.0277. The van der Waals surface area contributed by atoms with Crippen LogP contribution in [0.15, 0.2) is 109 Å². The molecule has 73 heavy (non-hydrogen) atoms. The monoisotopic (exact) mass is 1050 g/mol. The van der Waals surface area contributed by atoms with Crippen molar-refractivity contribution in [1.82, 2.24) is 41.1 Å². The SMILES string of the molecule is CC(=O)N(NCc1cccc(F)c1Cl)[C@@H](CNCCO)CON(C=O)c1cc2ccccc2cn1.CC(=O)N(NCc1cccc(F)c1Cl)[C@H](COC(=O)Nc1cc2ccccc2cn1)CN(CCO)CCO. The zero-order valence-electron chi connectivity index (χ0n) is 40.1. The van der Waals surface area contributed by atoms with Crippen molar-refractivity contribution in [2.24, 2.45) is 0 Å². The van der Waals surface area contributed by atoms with Crippen molar-refractivity contribution in [3.8, 4) is 0 Å². The second-order valence-electron chi connectivity index (χ2n) is 16.1. The highest BCUT2D eigenvalue weighted by atomic mass is 35.5. The van der Waals surface area contributed by atoms with E-state index in [1.54, 1.807) is 41.6 Å². The smallest absolute Gasteiger partial charge is 0.412 e. The van der Waals surface area contributed by atoms with Gasteiger partial charge in [-0.15, -0.1) is 0 Å². The Morgan fingerprint density at radius 1 is 0.699 bits per heavy atom. The first-order valence-electron chi connectivity index (χ1n) is 23.0. The molecule has 0 unspecified atom stereocenters. The van der Waals surface area contributed by atoms with Gasteiger partial charge in [-0.1, -0.05) is 96.0 Å². The molecule has 6 rings (SSSR count). The molecule has 0 fully saturated rings. The topological polar surface area (TPSA) is 234 Å². The van der Waals surface area contributed by atoms with E-state index >= 15 is 0 Å². The summed E-state index contributed by atoms with van der Waals surface area (Å²) in [5.74, 6) is -1.29. The molecule has 0 saturated heterocycles. The molecule has 0 radical (unpaired) electrons. The third-order valence-corrected chi connectivity index (χ3v) is 11.8. The van der Waals surface area contributed by atoms with E-state index in [4.69, 9.17) is 37.9 Å². The number of hydrazine groups is 2. The summed E-state index contributed by atoms with van der Waals surface area (Å²) in [7, 11) is 0. The molecule has 4 amide bonds. The van der Waals surface area contributed by atoms with Crippen LogP contribution in [0.2, 0.25) is 10.0 Å². The molecule has 0 aliphatic heterocycles. The Balaban J connectivity index is 0.000000272. The van der Waals surface area contributed by atoms with Crippen molar-refractivity contribution in [3.05, 3.63) is 142 Å².